The van der Waals surface area contributed by atoms with E-state index in [1.807, 2.05) is 43.9 Å². The largest absolute Gasteiger partial charge is 0.401 e. The van der Waals surface area contributed by atoms with Crippen LogP contribution in [0.5, 0.6) is 0 Å². The average Bonchev–Trinajstić information content (AvgIpc) is 3.15. The van der Waals surface area contributed by atoms with Crippen LogP contribution >= 0.6 is 0 Å². The van der Waals surface area contributed by atoms with Crippen LogP contribution in [0, 0.1) is 18.3 Å². The van der Waals surface area contributed by atoms with E-state index in [1.165, 1.54) is 11.1 Å². The number of rotatable bonds is 3. The smallest absolute Gasteiger partial charge is 0.0975 e. The molecule has 1 aliphatic rings. The summed E-state index contributed by atoms with van der Waals surface area (Å²) >= 11 is 0. The van der Waals surface area contributed by atoms with Crippen LogP contribution in [-0.2, 0) is 13.5 Å². The minimum absolute atomic E-state index is 0.316. The highest BCUT2D eigenvalue weighted by atomic mass is 14.9. The van der Waals surface area contributed by atoms with Crippen LogP contribution in [0.25, 0.3) is 5.70 Å². The lowest BCUT2D eigenvalue weighted by Crippen LogP contribution is -2.36. The van der Waals surface area contributed by atoms with E-state index in [0.717, 1.165) is 23.1 Å². The second-order valence-electron chi connectivity index (χ2n) is 7.27. The van der Waals surface area contributed by atoms with Gasteiger partial charge >= 0.3 is 0 Å². The normalized spacial score (nSPS) is 20.6. The number of aromatic nitrogens is 1. The Morgan fingerprint density at radius 2 is 1.97 bits per heavy atom. The van der Waals surface area contributed by atoms with Crippen molar-refractivity contribution in [2.24, 2.45) is 24.2 Å². The molecule has 5 heteroatoms. The molecule has 0 amide bonds. The third kappa shape index (κ3) is 4.38. The predicted molar refractivity (Wildman–Crippen MR) is 121 cm³/mol. The van der Waals surface area contributed by atoms with Gasteiger partial charge in [-0.05, 0) is 41.7 Å². The fourth-order valence-corrected chi connectivity index (χ4v) is 3.97. The van der Waals surface area contributed by atoms with Crippen LogP contribution < -0.4 is 17.2 Å². The van der Waals surface area contributed by atoms with Gasteiger partial charge in [-0.25, -0.2) is 0 Å². The molecule has 0 saturated heterocycles. The molecule has 0 fully saturated rings. The van der Waals surface area contributed by atoms with E-state index in [9.17, 15) is 5.26 Å². The molecule has 29 heavy (non-hydrogen) atoms. The van der Waals surface area contributed by atoms with Crippen molar-refractivity contribution in [1.82, 2.24) is 4.57 Å². The second kappa shape index (κ2) is 9.49. The lowest BCUT2D eigenvalue weighted by molar-refractivity contribution is 0.656. The molecule has 3 rings (SSSR count). The molecule has 1 aromatic heterocycles. The summed E-state index contributed by atoms with van der Waals surface area (Å²) in [6.07, 6.45) is 5.31. The van der Waals surface area contributed by atoms with E-state index < -0.39 is 0 Å². The maximum absolute atomic E-state index is 9.83. The Kier molecular flexibility index (Phi) is 7.30. The quantitative estimate of drug-likeness (QED) is 0.739. The summed E-state index contributed by atoms with van der Waals surface area (Å²) in [5, 5.41) is 9.83. The van der Waals surface area contributed by atoms with Crippen LogP contribution in [0.15, 0.2) is 53.5 Å². The highest BCUT2D eigenvalue weighted by Crippen LogP contribution is 2.42. The van der Waals surface area contributed by atoms with Gasteiger partial charge in [-0.15, -0.1) is 0 Å². The molecule has 0 aliphatic heterocycles. The molecular formula is C24H33N5. The minimum atomic E-state index is -0.321. The number of nitriles is 1. The van der Waals surface area contributed by atoms with Gasteiger partial charge in [0, 0.05) is 54.8 Å². The Bertz CT molecular complexity index is 971. The molecule has 1 aromatic carbocycles. The van der Waals surface area contributed by atoms with E-state index in [4.69, 9.17) is 17.2 Å². The summed E-state index contributed by atoms with van der Waals surface area (Å²) in [5.41, 5.74) is 26.3. The van der Waals surface area contributed by atoms with Crippen LogP contribution in [0.1, 0.15) is 55.4 Å². The van der Waals surface area contributed by atoms with Gasteiger partial charge in [-0.2, -0.15) is 5.26 Å². The van der Waals surface area contributed by atoms with E-state index in [1.54, 1.807) is 0 Å². The van der Waals surface area contributed by atoms with Gasteiger partial charge in [0.1, 0.15) is 0 Å². The molecule has 2 atom stereocenters. The topological polar surface area (TPSA) is 107 Å². The zero-order valence-electron chi connectivity index (χ0n) is 18.2. The maximum Gasteiger partial charge on any atom is 0.0975 e. The summed E-state index contributed by atoms with van der Waals surface area (Å²) in [6, 6.07) is 10.3. The van der Waals surface area contributed by atoms with Crippen molar-refractivity contribution in [3.05, 3.63) is 75.8 Å². The zero-order valence-corrected chi connectivity index (χ0v) is 18.2. The van der Waals surface area contributed by atoms with Crippen molar-refractivity contribution in [2.75, 3.05) is 0 Å². The van der Waals surface area contributed by atoms with E-state index in [0.29, 0.717) is 23.4 Å². The van der Waals surface area contributed by atoms with Crippen molar-refractivity contribution < 1.29 is 0 Å². The van der Waals surface area contributed by atoms with Gasteiger partial charge in [-0.3, -0.25) is 0 Å². The lowest BCUT2D eigenvalue weighted by Gasteiger charge is -2.33. The van der Waals surface area contributed by atoms with Crippen LogP contribution in [-0.4, -0.2) is 10.6 Å². The summed E-state index contributed by atoms with van der Waals surface area (Å²) in [6.45, 7) is 8.23. The summed E-state index contributed by atoms with van der Waals surface area (Å²) in [7, 11) is 1.95. The molecule has 0 radical (unpaired) electrons. The SMILES string of the molecule is CC.CCc1ccc(C2C(C#N)=C(N)CC(N)/C2=C(\N)c2ccn(C)c2)cc1C. The average molecular weight is 392 g/mol. The minimum Gasteiger partial charge on any atom is -0.401 e. The number of benzene rings is 1. The van der Waals surface area contributed by atoms with Crippen LogP contribution in [0.4, 0.5) is 0 Å². The number of aryl methyl sites for hydroxylation is 3. The highest BCUT2D eigenvalue weighted by molar-refractivity contribution is 5.71. The monoisotopic (exact) mass is 391 g/mol. The van der Waals surface area contributed by atoms with E-state index in [2.05, 4.69) is 38.1 Å². The third-order valence-corrected chi connectivity index (χ3v) is 5.44. The fraction of sp³-hybridized carbons (Fsp3) is 0.375. The molecule has 154 valence electrons. The molecule has 6 N–H and O–H groups in total. The first-order valence-corrected chi connectivity index (χ1v) is 10.2. The molecule has 1 heterocycles. The molecule has 1 aliphatic carbocycles. The zero-order chi connectivity index (χ0) is 21.7. The Balaban J connectivity index is 0.00000145. The standard InChI is InChI=1S/C22H27N5.C2H6/c1-4-14-5-6-15(9-13(14)2)20-17(11-23)18(24)10-19(25)21(20)22(26)16-7-8-27(3)12-16;1-2/h5-9,12,19-20H,4,10,24-26H2,1-3H3;1-2H3/b22-21+;. The van der Waals surface area contributed by atoms with Gasteiger partial charge in [0.25, 0.3) is 0 Å². The van der Waals surface area contributed by atoms with E-state index in [-0.39, 0.29) is 12.0 Å². The highest BCUT2D eigenvalue weighted by Gasteiger charge is 2.34. The lowest BCUT2D eigenvalue weighted by atomic mass is 9.73. The van der Waals surface area contributed by atoms with Gasteiger partial charge in [0.05, 0.1) is 11.6 Å². The Labute approximate surface area is 174 Å². The molecule has 2 unspecified atom stereocenters. The van der Waals surface area contributed by atoms with Crippen molar-refractivity contribution >= 4 is 5.70 Å². The number of nitrogens with two attached hydrogens (primary N) is 3. The van der Waals surface area contributed by atoms with Crippen LogP contribution in [0.3, 0.4) is 0 Å². The second-order valence-corrected chi connectivity index (χ2v) is 7.27. The van der Waals surface area contributed by atoms with Crippen molar-refractivity contribution in [2.45, 2.75) is 52.5 Å². The fourth-order valence-electron chi connectivity index (χ4n) is 3.97. The first-order chi connectivity index (χ1) is 13.9. The van der Waals surface area contributed by atoms with Crippen LogP contribution in [0.2, 0.25) is 0 Å². The molecule has 2 aromatic rings. The van der Waals surface area contributed by atoms with Gasteiger partial charge in [0.15, 0.2) is 0 Å². The molecule has 0 spiro atoms. The Morgan fingerprint density at radius 1 is 1.28 bits per heavy atom. The van der Waals surface area contributed by atoms with Crippen molar-refractivity contribution in [3.8, 4) is 6.07 Å². The maximum atomic E-state index is 9.83. The molecule has 0 saturated carbocycles. The summed E-state index contributed by atoms with van der Waals surface area (Å²) in [5.74, 6) is -0.316. The van der Waals surface area contributed by atoms with Gasteiger partial charge in [0.2, 0.25) is 0 Å². The van der Waals surface area contributed by atoms with Crippen molar-refractivity contribution in [1.29, 1.82) is 5.26 Å². The number of nitrogens with zero attached hydrogens (tertiary/aromatic N) is 2. The molecular weight excluding hydrogens is 358 g/mol. The molecule has 0 bridgehead atoms. The van der Waals surface area contributed by atoms with Crippen molar-refractivity contribution in [3.63, 3.8) is 0 Å². The van der Waals surface area contributed by atoms with E-state index >= 15 is 0 Å². The first kappa shape index (κ1) is 22.3. The Hall–Kier alpha value is -2.97. The molecule has 5 nitrogen and oxygen atoms in total. The van der Waals surface area contributed by atoms with Gasteiger partial charge in [-0.1, -0.05) is 39.0 Å². The predicted octanol–water partition coefficient (Wildman–Crippen LogP) is 3.84. The summed E-state index contributed by atoms with van der Waals surface area (Å²) < 4.78 is 1.95. The third-order valence-electron chi connectivity index (χ3n) is 5.44. The Morgan fingerprint density at radius 3 is 2.48 bits per heavy atom. The first-order valence-electron chi connectivity index (χ1n) is 10.2. The number of hydrogen-bond donors (Lipinski definition) is 3. The number of hydrogen-bond acceptors (Lipinski definition) is 4. The number of allylic oxidation sites excluding steroid dienone is 1. The summed E-state index contributed by atoms with van der Waals surface area (Å²) in [4.78, 5) is 0. The van der Waals surface area contributed by atoms with Gasteiger partial charge < -0.3 is 21.8 Å².